The highest BCUT2D eigenvalue weighted by molar-refractivity contribution is 7.53. The number of hydrogen-bond donors (Lipinski definition) is 0. The highest BCUT2D eigenvalue weighted by Gasteiger charge is 2.20. The first-order chi connectivity index (χ1) is 5.18. The summed E-state index contributed by atoms with van der Waals surface area (Å²) in [5.74, 6) is 0. The van der Waals surface area contributed by atoms with Gasteiger partial charge in [0, 0.05) is 6.16 Å². The number of aldehydes is 1. The molecule has 1 atom stereocenters. The van der Waals surface area contributed by atoms with Crippen LogP contribution >= 0.6 is 7.60 Å². The molecule has 0 N–H and O–H groups in total. The molecule has 66 valence electrons. The molecule has 0 saturated heterocycles. The first-order valence-corrected chi connectivity index (χ1v) is 5.23. The Morgan fingerprint density at radius 3 is 2.36 bits per heavy atom. The van der Waals surface area contributed by atoms with Crippen LogP contribution in [0.1, 0.15) is 13.8 Å². The van der Waals surface area contributed by atoms with E-state index in [-0.39, 0.29) is 6.61 Å². The maximum absolute atomic E-state index is 11.3. The lowest BCUT2D eigenvalue weighted by atomic mass is 10.9. The Kier molecular flexibility index (Phi) is 5.38. The molecule has 0 aromatic carbocycles. The van der Waals surface area contributed by atoms with Crippen LogP contribution in [-0.4, -0.2) is 25.7 Å². The van der Waals surface area contributed by atoms with E-state index in [0.29, 0.717) is 19.1 Å². The molecular weight excluding hydrogens is 167 g/mol. The molecule has 0 aromatic heterocycles. The van der Waals surface area contributed by atoms with Crippen molar-refractivity contribution in [3.63, 3.8) is 0 Å². The van der Waals surface area contributed by atoms with E-state index in [0.717, 1.165) is 0 Å². The average molecular weight is 180 g/mol. The number of carbonyl (C=O) groups is 1. The lowest BCUT2D eigenvalue weighted by Crippen LogP contribution is -1.99. The Morgan fingerprint density at radius 1 is 1.36 bits per heavy atom. The van der Waals surface area contributed by atoms with E-state index >= 15 is 0 Å². The van der Waals surface area contributed by atoms with Gasteiger partial charge in [0.25, 0.3) is 0 Å². The summed E-state index contributed by atoms with van der Waals surface area (Å²) in [6.45, 7) is 3.60. The smallest absolute Gasteiger partial charge is 0.309 e. The maximum Gasteiger partial charge on any atom is 0.330 e. The molecular formula is C6H13O4P. The lowest BCUT2D eigenvalue weighted by Gasteiger charge is -2.13. The molecule has 0 saturated carbocycles. The van der Waals surface area contributed by atoms with Crippen LogP contribution in [0.4, 0.5) is 0 Å². The monoisotopic (exact) mass is 180 g/mol. The Balaban J connectivity index is 3.88. The second-order valence-electron chi connectivity index (χ2n) is 1.81. The van der Waals surface area contributed by atoms with Crippen molar-refractivity contribution in [2.24, 2.45) is 0 Å². The molecule has 0 fully saturated rings. The molecule has 0 radical (unpaired) electrons. The van der Waals surface area contributed by atoms with Crippen LogP contribution in [0.2, 0.25) is 0 Å². The predicted molar refractivity (Wildman–Crippen MR) is 41.8 cm³/mol. The molecule has 0 amide bonds. The largest absolute Gasteiger partial charge is 0.330 e. The van der Waals surface area contributed by atoms with Crippen LogP contribution in [0.25, 0.3) is 0 Å². The van der Waals surface area contributed by atoms with Gasteiger partial charge in [-0.1, -0.05) is 6.92 Å². The van der Waals surface area contributed by atoms with Crippen molar-refractivity contribution in [3.8, 4) is 0 Å². The Morgan fingerprint density at radius 2 is 2.00 bits per heavy atom. The molecule has 0 aliphatic carbocycles. The second kappa shape index (κ2) is 5.47. The third kappa shape index (κ3) is 4.30. The van der Waals surface area contributed by atoms with Crippen molar-refractivity contribution >= 4 is 13.9 Å². The molecule has 0 rings (SSSR count). The van der Waals surface area contributed by atoms with E-state index in [2.05, 4.69) is 0 Å². The predicted octanol–water partition coefficient (Wildman–Crippen LogP) is 1.45. The number of rotatable bonds is 6. The third-order valence-electron chi connectivity index (χ3n) is 1.05. The second-order valence-corrected chi connectivity index (χ2v) is 4.18. The van der Waals surface area contributed by atoms with E-state index in [1.807, 2.05) is 0 Å². The van der Waals surface area contributed by atoms with Crippen LogP contribution in [0.5, 0.6) is 0 Å². The summed E-state index contributed by atoms with van der Waals surface area (Å²) in [5, 5.41) is 0. The zero-order valence-corrected chi connectivity index (χ0v) is 7.67. The average Bonchev–Trinajstić information content (AvgIpc) is 2.02. The summed E-state index contributed by atoms with van der Waals surface area (Å²) >= 11 is 0. The zero-order chi connectivity index (χ0) is 8.74. The van der Waals surface area contributed by atoms with Gasteiger partial charge in [0.15, 0.2) is 0 Å². The third-order valence-corrected chi connectivity index (χ3v) is 3.02. The van der Waals surface area contributed by atoms with E-state index in [1.54, 1.807) is 13.8 Å². The van der Waals surface area contributed by atoms with Crippen molar-refractivity contribution in [2.45, 2.75) is 13.8 Å². The molecule has 11 heavy (non-hydrogen) atoms. The van der Waals surface area contributed by atoms with Crippen molar-refractivity contribution in [3.05, 3.63) is 0 Å². The summed E-state index contributed by atoms with van der Waals surface area (Å²) in [6, 6.07) is 0. The summed E-state index contributed by atoms with van der Waals surface area (Å²) in [5.41, 5.74) is 0. The lowest BCUT2D eigenvalue weighted by molar-refractivity contribution is -0.109. The first kappa shape index (κ1) is 10.8. The van der Waals surface area contributed by atoms with Gasteiger partial charge in [-0.3, -0.25) is 4.57 Å². The normalized spacial score (nSPS) is 15.8. The van der Waals surface area contributed by atoms with Gasteiger partial charge in [-0.25, -0.2) is 0 Å². The fourth-order valence-corrected chi connectivity index (χ4v) is 1.68. The van der Waals surface area contributed by atoms with Gasteiger partial charge >= 0.3 is 7.60 Å². The quantitative estimate of drug-likeness (QED) is 0.458. The minimum atomic E-state index is -2.95. The van der Waals surface area contributed by atoms with Crippen molar-refractivity contribution in [2.75, 3.05) is 19.4 Å². The summed E-state index contributed by atoms with van der Waals surface area (Å²) in [4.78, 5) is 9.87. The molecule has 4 nitrogen and oxygen atoms in total. The molecule has 0 aliphatic rings. The van der Waals surface area contributed by atoms with Gasteiger partial charge in [0.1, 0.15) is 12.9 Å². The van der Waals surface area contributed by atoms with E-state index in [1.165, 1.54) is 0 Å². The Bertz CT molecular complexity index is 157. The summed E-state index contributed by atoms with van der Waals surface area (Å²) in [6.07, 6.45) is 0.857. The minimum Gasteiger partial charge on any atom is -0.309 e. The van der Waals surface area contributed by atoms with Gasteiger partial charge in [-0.2, -0.15) is 0 Å². The van der Waals surface area contributed by atoms with Crippen LogP contribution in [0.3, 0.4) is 0 Å². The van der Waals surface area contributed by atoms with E-state index < -0.39 is 7.60 Å². The van der Waals surface area contributed by atoms with Crippen LogP contribution in [0, 0.1) is 0 Å². The van der Waals surface area contributed by atoms with Crippen LogP contribution in [0.15, 0.2) is 0 Å². The Hall–Kier alpha value is -0.180. The van der Waals surface area contributed by atoms with Gasteiger partial charge in [0.2, 0.25) is 0 Å². The van der Waals surface area contributed by atoms with Crippen LogP contribution < -0.4 is 0 Å². The van der Waals surface area contributed by atoms with Crippen molar-refractivity contribution in [1.82, 2.24) is 0 Å². The number of hydrogen-bond acceptors (Lipinski definition) is 4. The zero-order valence-electron chi connectivity index (χ0n) is 6.78. The Labute approximate surface area is 66.4 Å². The fourth-order valence-electron chi connectivity index (χ4n) is 0.561. The van der Waals surface area contributed by atoms with Crippen molar-refractivity contribution < 1.29 is 18.4 Å². The molecule has 0 aliphatic heterocycles. The SMILES string of the molecule is CCOP(=O)(CC)OCC=O. The van der Waals surface area contributed by atoms with E-state index in [4.69, 9.17) is 9.05 Å². The minimum absolute atomic E-state index is 0.162. The van der Waals surface area contributed by atoms with Crippen molar-refractivity contribution in [1.29, 1.82) is 0 Å². The van der Waals surface area contributed by atoms with Gasteiger partial charge in [-0.15, -0.1) is 0 Å². The fraction of sp³-hybridized carbons (Fsp3) is 0.833. The highest BCUT2D eigenvalue weighted by Crippen LogP contribution is 2.46. The molecule has 0 heterocycles. The standard InChI is InChI=1S/C6H13O4P/c1-3-9-11(8,4-2)10-6-5-7/h5H,3-4,6H2,1-2H3. The summed E-state index contributed by atoms with van der Waals surface area (Å²) in [7, 11) is -2.95. The molecule has 0 spiro atoms. The van der Waals surface area contributed by atoms with Gasteiger partial charge in [-0.05, 0) is 6.92 Å². The molecule has 0 aromatic rings. The topological polar surface area (TPSA) is 52.6 Å². The number of carbonyl (C=O) groups excluding carboxylic acids is 1. The maximum atomic E-state index is 11.3. The highest BCUT2D eigenvalue weighted by atomic mass is 31.2. The van der Waals surface area contributed by atoms with E-state index in [9.17, 15) is 9.36 Å². The van der Waals surface area contributed by atoms with Gasteiger partial charge in [0.05, 0.1) is 6.61 Å². The molecule has 0 bridgehead atoms. The first-order valence-electron chi connectivity index (χ1n) is 3.50. The molecule has 1 unspecified atom stereocenters. The summed E-state index contributed by atoms with van der Waals surface area (Å²) < 4.78 is 20.9. The molecule has 5 heteroatoms. The van der Waals surface area contributed by atoms with Gasteiger partial charge < -0.3 is 13.8 Å². The van der Waals surface area contributed by atoms with Crippen LogP contribution in [-0.2, 0) is 18.4 Å².